The minimum Gasteiger partial charge on any atom is -0.406 e. The summed E-state index contributed by atoms with van der Waals surface area (Å²) in [5.74, 6) is -1.28. The molecule has 0 unspecified atom stereocenters. The maximum Gasteiger partial charge on any atom is 0.573 e. The van der Waals surface area contributed by atoms with Crippen LogP contribution in [0.5, 0.6) is 5.75 Å². The van der Waals surface area contributed by atoms with Crippen LogP contribution < -0.4 is 10.1 Å². The molecule has 32 heavy (non-hydrogen) atoms. The van der Waals surface area contributed by atoms with E-state index in [1.165, 1.54) is 34.0 Å². The Morgan fingerprint density at radius 1 is 1.22 bits per heavy atom. The van der Waals surface area contributed by atoms with Gasteiger partial charge in [-0.3, -0.25) is 9.59 Å². The molecule has 0 saturated carbocycles. The lowest BCUT2D eigenvalue weighted by atomic mass is 10.1. The fourth-order valence-corrected chi connectivity index (χ4v) is 3.64. The third kappa shape index (κ3) is 4.86. The summed E-state index contributed by atoms with van der Waals surface area (Å²) in [4.78, 5) is 29.5. The fraction of sp³-hybridized carbons (Fsp3) is 0.158. The lowest BCUT2D eigenvalue weighted by Crippen LogP contribution is -2.30. The first-order valence-corrected chi connectivity index (χ1v) is 10.1. The number of aromatic nitrogens is 3. The molecule has 4 rings (SSSR count). The molecule has 0 bridgehead atoms. The van der Waals surface area contributed by atoms with Crippen molar-refractivity contribution in [3.63, 3.8) is 0 Å². The largest absolute Gasteiger partial charge is 0.573 e. The molecule has 0 atom stereocenters. The quantitative estimate of drug-likeness (QED) is 0.519. The lowest BCUT2D eigenvalue weighted by molar-refractivity contribution is -0.274. The number of benzene rings is 1. The molecule has 1 aliphatic heterocycles. The Balaban J connectivity index is 1.81. The number of nitrogens with one attached hydrogen (secondary N) is 1. The molecule has 3 aromatic rings. The lowest BCUT2D eigenvalue weighted by Gasteiger charge is -2.12. The fourth-order valence-electron chi connectivity index (χ4n) is 3.06. The van der Waals surface area contributed by atoms with Crippen molar-refractivity contribution in [2.45, 2.75) is 6.36 Å². The van der Waals surface area contributed by atoms with Crippen LogP contribution in [0.25, 0.3) is 16.9 Å². The summed E-state index contributed by atoms with van der Waals surface area (Å²) in [7, 11) is 0. The zero-order valence-corrected chi connectivity index (χ0v) is 18.2. The summed E-state index contributed by atoms with van der Waals surface area (Å²) in [6, 6.07) is 8.39. The van der Waals surface area contributed by atoms with E-state index in [-0.39, 0.29) is 35.5 Å². The Kier molecular flexibility index (Phi) is 5.82. The number of carbonyl (C=O) groups is 2. The van der Waals surface area contributed by atoms with Crippen LogP contribution in [0.15, 0.2) is 47.1 Å². The predicted octanol–water partition coefficient (Wildman–Crippen LogP) is 3.78. The van der Waals surface area contributed by atoms with Gasteiger partial charge in [0.1, 0.15) is 17.4 Å². The highest BCUT2D eigenvalue weighted by Gasteiger charge is 2.32. The second-order valence-corrected chi connectivity index (χ2v) is 7.95. The third-order valence-electron chi connectivity index (χ3n) is 4.37. The van der Waals surface area contributed by atoms with Crippen LogP contribution >= 0.6 is 27.5 Å². The Hall–Kier alpha value is -3.12. The molecular formula is C19H12BrClF3N5O3. The van der Waals surface area contributed by atoms with Gasteiger partial charge < -0.3 is 15.0 Å². The number of carbonyl (C=O) groups excluding carboxylic acids is 2. The van der Waals surface area contributed by atoms with E-state index >= 15 is 0 Å². The second-order valence-electron chi connectivity index (χ2n) is 6.65. The number of amides is 2. The van der Waals surface area contributed by atoms with Gasteiger partial charge in [0.15, 0.2) is 5.69 Å². The third-order valence-corrected chi connectivity index (χ3v) is 5.06. The molecular weight excluding hydrogens is 519 g/mol. The molecule has 2 amide bonds. The zero-order chi connectivity index (χ0) is 23.0. The van der Waals surface area contributed by atoms with Crippen LogP contribution in [-0.2, 0) is 4.79 Å². The van der Waals surface area contributed by atoms with Gasteiger partial charge in [0.2, 0.25) is 5.91 Å². The minimum atomic E-state index is -4.88. The highest BCUT2D eigenvalue weighted by Crippen LogP contribution is 2.33. The molecule has 3 heterocycles. The molecule has 1 aromatic carbocycles. The molecule has 1 saturated heterocycles. The SMILES string of the molecule is O=C1CN(C(=O)c2cc(-c3cc(Br)cc(OC(F)(F)F)c3)n(-c3ccc(Cl)nc3)n2)CN1. The topological polar surface area (TPSA) is 89.4 Å². The summed E-state index contributed by atoms with van der Waals surface area (Å²) >= 11 is 9.02. The van der Waals surface area contributed by atoms with E-state index in [9.17, 15) is 22.8 Å². The number of hydrogen-bond acceptors (Lipinski definition) is 5. The molecule has 0 aliphatic carbocycles. The average Bonchev–Trinajstić information content (AvgIpc) is 3.33. The van der Waals surface area contributed by atoms with Gasteiger partial charge in [0, 0.05) is 10.0 Å². The van der Waals surface area contributed by atoms with Gasteiger partial charge in [-0.05, 0) is 36.4 Å². The molecule has 0 radical (unpaired) electrons. The number of rotatable bonds is 4. The van der Waals surface area contributed by atoms with Gasteiger partial charge in [-0.15, -0.1) is 13.2 Å². The first-order chi connectivity index (χ1) is 15.1. The van der Waals surface area contributed by atoms with Crippen molar-refractivity contribution in [2.75, 3.05) is 13.2 Å². The van der Waals surface area contributed by atoms with Gasteiger partial charge in [-0.2, -0.15) is 5.10 Å². The Morgan fingerprint density at radius 2 is 2.00 bits per heavy atom. The number of hydrogen-bond donors (Lipinski definition) is 1. The molecule has 2 aromatic heterocycles. The smallest absolute Gasteiger partial charge is 0.406 e. The molecule has 1 aliphatic rings. The van der Waals surface area contributed by atoms with Crippen molar-refractivity contribution in [3.8, 4) is 22.7 Å². The van der Waals surface area contributed by atoms with Gasteiger partial charge in [-0.25, -0.2) is 9.67 Å². The maximum absolute atomic E-state index is 12.8. The Labute approximate surface area is 192 Å². The van der Waals surface area contributed by atoms with Crippen LogP contribution in [0.3, 0.4) is 0 Å². The van der Waals surface area contributed by atoms with Crippen molar-refractivity contribution in [1.29, 1.82) is 0 Å². The van der Waals surface area contributed by atoms with Crippen LogP contribution in [0, 0.1) is 0 Å². The first kappa shape index (κ1) is 22.1. The normalized spacial score (nSPS) is 13.9. The summed E-state index contributed by atoms with van der Waals surface area (Å²) in [6.07, 6.45) is -3.48. The van der Waals surface area contributed by atoms with Crippen molar-refractivity contribution in [1.82, 2.24) is 25.0 Å². The molecule has 166 valence electrons. The van der Waals surface area contributed by atoms with E-state index in [2.05, 4.69) is 36.1 Å². The van der Waals surface area contributed by atoms with Gasteiger partial charge in [-0.1, -0.05) is 27.5 Å². The Bertz CT molecular complexity index is 1200. The summed E-state index contributed by atoms with van der Waals surface area (Å²) in [5, 5.41) is 7.07. The van der Waals surface area contributed by atoms with Gasteiger partial charge in [0.25, 0.3) is 5.91 Å². The molecule has 1 N–H and O–H groups in total. The van der Waals surface area contributed by atoms with Gasteiger partial charge in [0.05, 0.1) is 24.2 Å². The molecule has 13 heteroatoms. The van der Waals surface area contributed by atoms with E-state index in [1.54, 1.807) is 12.1 Å². The summed E-state index contributed by atoms with van der Waals surface area (Å²) in [6.45, 7) is -0.0905. The van der Waals surface area contributed by atoms with Crippen molar-refractivity contribution < 1.29 is 27.5 Å². The Morgan fingerprint density at radius 3 is 2.62 bits per heavy atom. The highest BCUT2D eigenvalue weighted by atomic mass is 79.9. The van der Waals surface area contributed by atoms with Crippen LogP contribution in [0.1, 0.15) is 10.5 Å². The first-order valence-electron chi connectivity index (χ1n) is 8.94. The number of nitrogens with zero attached hydrogens (tertiary/aromatic N) is 4. The van der Waals surface area contributed by atoms with Crippen molar-refractivity contribution in [3.05, 3.63) is 57.9 Å². The monoisotopic (exact) mass is 529 g/mol. The van der Waals surface area contributed by atoms with Crippen molar-refractivity contribution in [2.24, 2.45) is 0 Å². The van der Waals surface area contributed by atoms with E-state index < -0.39 is 18.0 Å². The second kappa shape index (κ2) is 8.43. The van der Waals surface area contributed by atoms with Crippen LogP contribution in [0.2, 0.25) is 5.15 Å². The number of halogens is 5. The standard InChI is InChI=1S/C19H12BrClF3N5O3/c20-11-3-10(4-13(5-11)32-19(22,23)24)15-6-14(18(31)28-8-17(30)26-9-28)27-29(15)12-1-2-16(21)25-7-12/h1-7H,8-9H2,(H,26,30). The summed E-state index contributed by atoms with van der Waals surface area (Å²) < 4.78 is 43.9. The number of pyridine rings is 1. The van der Waals surface area contributed by atoms with E-state index in [1.807, 2.05) is 0 Å². The average molecular weight is 531 g/mol. The van der Waals surface area contributed by atoms with E-state index in [0.717, 1.165) is 6.07 Å². The van der Waals surface area contributed by atoms with E-state index in [4.69, 9.17) is 11.6 Å². The zero-order valence-electron chi connectivity index (χ0n) is 15.9. The van der Waals surface area contributed by atoms with E-state index in [0.29, 0.717) is 15.9 Å². The number of ether oxygens (including phenoxy) is 1. The summed E-state index contributed by atoms with van der Waals surface area (Å²) in [5.41, 5.74) is 0.988. The minimum absolute atomic E-state index is 0.00952. The van der Waals surface area contributed by atoms with Crippen LogP contribution in [0.4, 0.5) is 13.2 Å². The molecule has 1 fully saturated rings. The van der Waals surface area contributed by atoms with Crippen LogP contribution in [-0.4, -0.2) is 51.1 Å². The highest BCUT2D eigenvalue weighted by molar-refractivity contribution is 9.10. The number of alkyl halides is 3. The maximum atomic E-state index is 12.8. The predicted molar refractivity (Wildman–Crippen MR) is 110 cm³/mol. The molecule has 0 spiro atoms. The van der Waals surface area contributed by atoms with Gasteiger partial charge >= 0.3 is 6.36 Å². The van der Waals surface area contributed by atoms with Crippen molar-refractivity contribution >= 4 is 39.3 Å². The molecule has 8 nitrogen and oxygen atoms in total.